The monoisotopic (exact) mass is 324 g/mol. The van der Waals surface area contributed by atoms with Crippen molar-refractivity contribution in [3.63, 3.8) is 0 Å². The molecule has 0 bridgehead atoms. The molecule has 1 aromatic carbocycles. The highest BCUT2D eigenvalue weighted by Gasteiger charge is 2.08. The van der Waals surface area contributed by atoms with E-state index in [0.29, 0.717) is 18.2 Å². The molecule has 1 amide bonds. The van der Waals surface area contributed by atoms with Crippen molar-refractivity contribution in [3.8, 4) is 5.75 Å². The lowest BCUT2D eigenvalue weighted by Gasteiger charge is -2.08. The Kier molecular flexibility index (Phi) is 5.59. The predicted octanol–water partition coefficient (Wildman–Crippen LogP) is 3.61. The molecule has 1 heterocycles. The van der Waals surface area contributed by atoms with E-state index < -0.39 is 0 Å². The molecule has 2 aromatic rings. The minimum absolute atomic E-state index is 0.129. The number of ether oxygens (including phenoxy) is 1. The number of aryl methyl sites for hydroxylation is 2. The molecule has 0 saturated heterocycles. The number of rotatable bonds is 6. The predicted molar refractivity (Wildman–Crippen MR) is 85.5 cm³/mol. The first-order chi connectivity index (χ1) is 10.1. The van der Waals surface area contributed by atoms with Gasteiger partial charge in [-0.15, -0.1) is 11.3 Å². The molecule has 1 aromatic heterocycles. The quantitative estimate of drug-likeness (QED) is 0.826. The van der Waals surface area contributed by atoms with Crippen molar-refractivity contribution in [2.24, 2.45) is 0 Å². The third-order valence-corrected chi connectivity index (χ3v) is 4.16. The van der Waals surface area contributed by atoms with Crippen LogP contribution < -0.4 is 10.1 Å². The summed E-state index contributed by atoms with van der Waals surface area (Å²) in [7, 11) is 0. The number of carbonyl (C=O) groups excluding carboxylic acids is 1. The molecule has 0 fully saturated rings. The van der Waals surface area contributed by atoms with Gasteiger partial charge in [-0.3, -0.25) is 4.79 Å². The van der Waals surface area contributed by atoms with E-state index in [1.54, 1.807) is 6.20 Å². The first-order valence-electron chi connectivity index (χ1n) is 6.66. The molecular formula is C15H17ClN2O2S. The third-order valence-electron chi connectivity index (χ3n) is 2.82. The van der Waals surface area contributed by atoms with E-state index in [4.69, 9.17) is 16.3 Å². The van der Waals surface area contributed by atoms with Gasteiger partial charge in [-0.25, -0.2) is 4.98 Å². The van der Waals surface area contributed by atoms with Crippen molar-refractivity contribution in [3.05, 3.63) is 44.9 Å². The van der Waals surface area contributed by atoms with Gasteiger partial charge < -0.3 is 10.1 Å². The zero-order valence-electron chi connectivity index (χ0n) is 12.0. The molecule has 2 rings (SSSR count). The van der Waals surface area contributed by atoms with E-state index in [-0.39, 0.29) is 5.91 Å². The van der Waals surface area contributed by atoms with Crippen molar-refractivity contribution in [1.82, 2.24) is 10.3 Å². The van der Waals surface area contributed by atoms with Crippen LogP contribution >= 0.6 is 22.9 Å². The molecule has 4 nitrogen and oxygen atoms in total. The van der Waals surface area contributed by atoms with Crippen LogP contribution in [0.4, 0.5) is 0 Å². The molecule has 0 saturated carbocycles. The van der Waals surface area contributed by atoms with Crippen LogP contribution in [0.5, 0.6) is 5.75 Å². The van der Waals surface area contributed by atoms with E-state index in [1.807, 2.05) is 32.0 Å². The summed E-state index contributed by atoms with van der Waals surface area (Å²) < 4.78 is 5.61. The van der Waals surface area contributed by atoms with Crippen LogP contribution in [0.3, 0.4) is 0 Å². The highest BCUT2D eigenvalue weighted by atomic mass is 35.5. The van der Waals surface area contributed by atoms with Crippen LogP contribution in [0.15, 0.2) is 24.4 Å². The topological polar surface area (TPSA) is 51.2 Å². The van der Waals surface area contributed by atoms with Gasteiger partial charge in [0.25, 0.3) is 5.91 Å². The SMILES string of the molecule is Cc1cnc(C(=O)NCCCOc2ccc(Cl)c(C)c2)s1. The molecule has 0 aliphatic heterocycles. The van der Waals surface area contributed by atoms with Crippen LogP contribution in [-0.4, -0.2) is 24.0 Å². The zero-order chi connectivity index (χ0) is 15.2. The van der Waals surface area contributed by atoms with Gasteiger partial charge in [0.1, 0.15) is 5.75 Å². The summed E-state index contributed by atoms with van der Waals surface area (Å²) in [5.74, 6) is 0.661. The molecule has 0 radical (unpaired) electrons. The smallest absolute Gasteiger partial charge is 0.280 e. The Morgan fingerprint density at radius 3 is 2.90 bits per heavy atom. The molecule has 0 aliphatic carbocycles. The summed E-state index contributed by atoms with van der Waals surface area (Å²) in [5.41, 5.74) is 0.988. The molecule has 6 heteroatoms. The Morgan fingerprint density at radius 1 is 1.43 bits per heavy atom. The third kappa shape index (κ3) is 4.72. The Bertz CT molecular complexity index is 628. The van der Waals surface area contributed by atoms with Crippen LogP contribution in [0.25, 0.3) is 0 Å². The Labute approximate surface area is 133 Å². The van der Waals surface area contributed by atoms with E-state index in [2.05, 4.69) is 10.3 Å². The molecular weight excluding hydrogens is 308 g/mol. The van der Waals surface area contributed by atoms with Gasteiger partial charge in [-0.1, -0.05) is 11.6 Å². The lowest BCUT2D eigenvalue weighted by molar-refractivity contribution is 0.0951. The fraction of sp³-hybridized carbons (Fsp3) is 0.333. The largest absolute Gasteiger partial charge is 0.494 e. The number of hydrogen-bond donors (Lipinski definition) is 1. The highest BCUT2D eigenvalue weighted by molar-refractivity contribution is 7.13. The average molecular weight is 325 g/mol. The second-order valence-corrected chi connectivity index (χ2v) is 6.29. The van der Waals surface area contributed by atoms with Crippen molar-refractivity contribution in [1.29, 1.82) is 0 Å². The number of hydrogen-bond acceptors (Lipinski definition) is 4. The lowest BCUT2D eigenvalue weighted by atomic mass is 10.2. The number of nitrogens with zero attached hydrogens (tertiary/aromatic N) is 1. The molecule has 112 valence electrons. The van der Waals surface area contributed by atoms with E-state index in [1.165, 1.54) is 11.3 Å². The molecule has 21 heavy (non-hydrogen) atoms. The normalized spacial score (nSPS) is 10.4. The number of nitrogens with one attached hydrogen (secondary N) is 1. The maximum Gasteiger partial charge on any atom is 0.280 e. The summed E-state index contributed by atoms with van der Waals surface area (Å²) in [6.07, 6.45) is 2.43. The number of halogens is 1. The Balaban J connectivity index is 1.68. The summed E-state index contributed by atoms with van der Waals surface area (Å²) in [4.78, 5) is 16.8. The number of amides is 1. The summed E-state index contributed by atoms with van der Waals surface area (Å²) >= 11 is 7.34. The van der Waals surface area contributed by atoms with Gasteiger partial charge in [-0.2, -0.15) is 0 Å². The van der Waals surface area contributed by atoms with Crippen molar-refractivity contribution >= 4 is 28.8 Å². The molecule has 0 atom stereocenters. The maximum atomic E-state index is 11.8. The minimum Gasteiger partial charge on any atom is -0.494 e. The molecule has 0 spiro atoms. The minimum atomic E-state index is -0.129. The van der Waals surface area contributed by atoms with Crippen molar-refractivity contribution < 1.29 is 9.53 Å². The Hall–Kier alpha value is -1.59. The van der Waals surface area contributed by atoms with Crippen molar-refractivity contribution in [2.75, 3.05) is 13.2 Å². The standard InChI is InChI=1S/C15H17ClN2O2S/c1-10-8-12(4-5-13(10)16)20-7-3-6-17-14(19)15-18-9-11(2)21-15/h4-5,8-9H,3,6-7H2,1-2H3,(H,17,19). The van der Waals surface area contributed by atoms with E-state index in [9.17, 15) is 4.79 Å². The first-order valence-corrected chi connectivity index (χ1v) is 7.85. The van der Waals surface area contributed by atoms with E-state index >= 15 is 0 Å². The summed E-state index contributed by atoms with van der Waals surface area (Å²) in [5, 5.41) is 4.06. The summed E-state index contributed by atoms with van der Waals surface area (Å²) in [6.45, 7) is 4.96. The number of thiazole rings is 1. The first kappa shape index (κ1) is 15.8. The van der Waals surface area contributed by atoms with Gasteiger partial charge in [-0.05, 0) is 44.0 Å². The lowest BCUT2D eigenvalue weighted by Crippen LogP contribution is -2.25. The van der Waals surface area contributed by atoms with Gasteiger partial charge >= 0.3 is 0 Å². The maximum absolute atomic E-state index is 11.8. The Morgan fingerprint density at radius 2 is 2.24 bits per heavy atom. The molecule has 0 unspecified atom stereocenters. The van der Waals surface area contributed by atoms with Gasteiger partial charge in [0.2, 0.25) is 0 Å². The average Bonchev–Trinajstić information content (AvgIpc) is 2.89. The second-order valence-electron chi connectivity index (χ2n) is 4.64. The van der Waals surface area contributed by atoms with Gasteiger partial charge in [0, 0.05) is 22.6 Å². The highest BCUT2D eigenvalue weighted by Crippen LogP contribution is 2.21. The second kappa shape index (κ2) is 7.43. The van der Waals surface area contributed by atoms with Crippen molar-refractivity contribution in [2.45, 2.75) is 20.3 Å². The molecule has 1 N–H and O–H groups in total. The molecule has 0 aliphatic rings. The fourth-order valence-corrected chi connectivity index (χ4v) is 2.50. The van der Waals surface area contributed by atoms with Gasteiger partial charge in [0.05, 0.1) is 6.61 Å². The number of carbonyl (C=O) groups is 1. The van der Waals surface area contributed by atoms with Gasteiger partial charge in [0.15, 0.2) is 5.01 Å². The van der Waals surface area contributed by atoms with Crippen LogP contribution in [0.1, 0.15) is 26.7 Å². The number of benzene rings is 1. The zero-order valence-corrected chi connectivity index (χ0v) is 13.6. The van der Waals surface area contributed by atoms with Crippen LogP contribution in [-0.2, 0) is 0 Å². The van der Waals surface area contributed by atoms with Crippen LogP contribution in [0, 0.1) is 13.8 Å². The van der Waals surface area contributed by atoms with E-state index in [0.717, 1.165) is 27.6 Å². The number of aromatic nitrogens is 1. The van der Waals surface area contributed by atoms with Crippen LogP contribution in [0.2, 0.25) is 5.02 Å². The summed E-state index contributed by atoms with van der Waals surface area (Å²) in [6, 6.07) is 5.56. The fourth-order valence-electron chi connectivity index (χ4n) is 1.71.